The maximum absolute atomic E-state index is 12.6. The van der Waals surface area contributed by atoms with Crippen LogP contribution < -0.4 is 15.6 Å². The topological polar surface area (TPSA) is 73.2 Å². The first kappa shape index (κ1) is 17.2. The molecule has 1 amide bonds. The zero-order valence-corrected chi connectivity index (χ0v) is 14.6. The predicted molar refractivity (Wildman–Crippen MR) is 95.8 cm³/mol. The van der Waals surface area contributed by atoms with Crippen LogP contribution >= 0.6 is 0 Å². The van der Waals surface area contributed by atoms with Gasteiger partial charge in [0.15, 0.2) is 0 Å². The van der Waals surface area contributed by atoms with Gasteiger partial charge in [0.1, 0.15) is 11.3 Å². The molecule has 1 heterocycles. The molecule has 0 saturated heterocycles. The summed E-state index contributed by atoms with van der Waals surface area (Å²) >= 11 is 0. The average Bonchev–Trinajstić information content (AvgIpc) is 3.45. The van der Waals surface area contributed by atoms with E-state index in [9.17, 15) is 9.59 Å². The van der Waals surface area contributed by atoms with E-state index in [1.54, 1.807) is 13.2 Å². The molecule has 132 valence electrons. The van der Waals surface area contributed by atoms with E-state index >= 15 is 0 Å². The second-order valence-corrected chi connectivity index (χ2v) is 6.36. The predicted octanol–water partition coefficient (Wildman–Crippen LogP) is 2.47. The van der Waals surface area contributed by atoms with Crippen LogP contribution in [-0.4, -0.2) is 29.3 Å². The highest BCUT2D eigenvalue weighted by atomic mass is 16.5. The largest absolute Gasteiger partial charge is 0.497 e. The summed E-state index contributed by atoms with van der Waals surface area (Å²) in [5, 5.41) is 7.27. The second kappa shape index (κ2) is 7.51. The zero-order valence-electron chi connectivity index (χ0n) is 14.6. The van der Waals surface area contributed by atoms with Gasteiger partial charge < -0.3 is 10.1 Å². The van der Waals surface area contributed by atoms with Crippen molar-refractivity contribution in [2.24, 2.45) is 5.92 Å². The van der Waals surface area contributed by atoms with E-state index < -0.39 is 0 Å². The molecule has 0 aliphatic heterocycles. The molecule has 6 nitrogen and oxygen atoms in total. The van der Waals surface area contributed by atoms with Crippen LogP contribution in [0.4, 0.5) is 0 Å². The van der Waals surface area contributed by atoms with Crippen molar-refractivity contribution in [3.8, 4) is 17.0 Å². The first-order valence-corrected chi connectivity index (χ1v) is 8.67. The van der Waals surface area contributed by atoms with Crippen LogP contribution in [0.25, 0.3) is 11.3 Å². The maximum atomic E-state index is 12.6. The molecule has 1 N–H and O–H groups in total. The highest BCUT2D eigenvalue weighted by Crippen LogP contribution is 2.30. The van der Waals surface area contributed by atoms with Gasteiger partial charge in [0.2, 0.25) is 0 Å². The quantitative estimate of drug-likeness (QED) is 0.840. The Morgan fingerprint density at radius 3 is 2.64 bits per heavy atom. The van der Waals surface area contributed by atoms with Crippen LogP contribution in [0.3, 0.4) is 0 Å². The summed E-state index contributed by atoms with van der Waals surface area (Å²) in [4.78, 5) is 25.0. The first-order chi connectivity index (χ1) is 12.1. The lowest BCUT2D eigenvalue weighted by Gasteiger charge is -2.11. The zero-order chi connectivity index (χ0) is 17.8. The third kappa shape index (κ3) is 4.07. The van der Waals surface area contributed by atoms with E-state index in [0.717, 1.165) is 30.6 Å². The molecule has 1 aliphatic carbocycles. The van der Waals surface area contributed by atoms with Crippen LogP contribution in [0.1, 0.15) is 36.5 Å². The number of nitrogens with one attached hydrogen (secondary N) is 1. The van der Waals surface area contributed by atoms with E-state index in [4.69, 9.17) is 4.74 Å². The molecule has 1 saturated carbocycles. The summed E-state index contributed by atoms with van der Waals surface area (Å²) in [7, 11) is 1.61. The summed E-state index contributed by atoms with van der Waals surface area (Å²) in [6, 6.07) is 9.01. The van der Waals surface area contributed by atoms with Crippen molar-refractivity contribution >= 4 is 5.91 Å². The van der Waals surface area contributed by atoms with E-state index in [1.807, 2.05) is 31.2 Å². The molecule has 0 atom stereocenters. The number of hydrogen-bond acceptors (Lipinski definition) is 4. The Bertz CT molecular complexity index is 808. The Morgan fingerprint density at radius 2 is 2.04 bits per heavy atom. The molecular weight excluding hydrogens is 318 g/mol. The van der Waals surface area contributed by atoms with Gasteiger partial charge >= 0.3 is 0 Å². The fourth-order valence-electron chi connectivity index (χ4n) is 2.61. The summed E-state index contributed by atoms with van der Waals surface area (Å²) in [5.41, 5.74) is 1.28. The SMILES string of the molecule is CCCNC(=O)c1cc(-c2ccc(OC)cc2)nn(CC2CC2)c1=O. The minimum atomic E-state index is -0.339. The molecule has 1 aliphatic rings. The monoisotopic (exact) mass is 341 g/mol. The Kier molecular flexibility index (Phi) is 5.16. The number of amides is 1. The van der Waals surface area contributed by atoms with Crippen LogP contribution in [0, 0.1) is 5.92 Å². The molecule has 6 heteroatoms. The molecule has 1 fully saturated rings. The number of aromatic nitrogens is 2. The van der Waals surface area contributed by atoms with Crippen LogP contribution in [-0.2, 0) is 6.54 Å². The minimum absolute atomic E-state index is 0.148. The first-order valence-electron chi connectivity index (χ1n) is 8.67. The summed E-state index contributed by atoms with van der Waals surface area (Å²) in [5.74, 6) is 0.896. The van der Waals surface area contributed by atoms with E-state index in [-0.39, 0.29) is 17.0 Å². The van der Waals surface area contributed by atoms with Crippen LogP contribution in [0.2, 0.25) is 0 Å². The highest BCUT2D eigenvalue weighted by molar-refractivity contribution is 5.94. The van der Waals surface area contributed by atoms with Gasteiger partial charge in [0, 0.05) is 18.7 Å². The Labute approximate surface area is 146 Å². The number of carbonyl (C=O) groups excluding carboxylic acids is 1. The number of methoxy groups -OCH3 is 1. The summed E-state index contributed by atoms with van der Waals surface area (Å²) < 4.78 is 6.62. The molecule has 3 rings (SSSR count). The third-order valence-electron chi connectivity index (χ3n) is 4.27. The van der Waals surface area contributed by atoms with Gasteiger partial charge in [-0.1, -0.05) is 6.92 Å². The molecular formula is C19H23N3O3. The molecule has 2 aromatic rings. The lowest BCUT2D eigenvalue weighted by Crippen LogP contribution is -2.35. The smallest absolute Gasteiger partial charge is 0.279 e. The molecule has 25 heavy (non-hydrogen) atoms. The van der Waals surface area contributed by atoms with E-state index in [1.165, 1.54) is 4.68 Å². The van der Waals surface area contributed by atoms with Crippen molar-refractivity contribution in [3.05, 3.63) is 46.2 Å². The van der Waals surface area contributed by atoms with Gasteiger partial charge in [-0.3, -0.25) is 9.59 Å². The van der Waals surface area contributed by atoms with Crippen molar-refractivity contribution in [1.29, 1.82) is 0 Å². The number of ether oxygens (including phenoxy) is 1. The fraction of sp³-hybridized carbons (Fsp3) is 0.421. The number of nitrogens with zero attached hydrogens (tertiary/aromatic N) is 2. The lowest BCUT2D eigenvalue weighted by molar-refractivity contribution is 0.0951. The normalized spacial score (nSPS) is 13.5. The van der Waals surface area contributed by atoms with Crippen LogP contribution in [0.15, 0.2) is 35.1 Å². The van der Waals surface area contributed by atoms with Crippen molar-refractivity contribution in [3.63, 3.8) is 0 Å². The van der Waals surface area contributed by atoms with Crippen molar-refractivity contribution in [2.75, 3.05) is 13.7 Å². The minimum Gasteiger partial charge on any atom is -0.497 e. The highest BCUT2D eigenvalue weighted by Gasteiger charge is 2.24. The molecule has 0 bridgehead atoms. The van der Waals surface area contributed by atoms with Gasteiger partial charge in [-0.05, 0) is 55.5 Å². The number of rotatable bonds is 7. The number of benzene rings is 1. The summed E-state index contributed by atoms with van der Waals surface area (Å²) in [6.45, 7) is 3.08. The summed E-state index contributed by atoms with van der Waals surface area (Å²) in [6.07, 6.45) is 3.04. The van der Waals surface area contributed by atoms with Crippen molar-refractivity contribution in [1.82, 2.24) is 15.1 Å². The molecule has 0 spiro atoms. The van der Waals surface area contributed by atoms with E-state index in [2.05, 4.69) is 10.4 Å². The molecule has 1 aromatic carbocycles. The fourth-order valence-corrected chi connectivity index (χ4v) is 2.61. The van der Waals surface area contributed by atoms with Crippen molar-refractivity contribution < 1.29 is 9.53 Å². The van der Waals surface area contributed by atoms with Gasteiger partial charge in [-0.2, -0.15) is 5.10 Å². The van der Waals surface area contributed by atoms with Gasteiger partial charge in [-0.15, -0.1) is 0 Å². The average molecular weight is 341 g/mol. The molecule has 1 aromatic heterocycles. The number of hydrogen-bond donors (Lipinski definition) is 1. The van der Waals surface area contributed by atoms with Gasteiger partial charge in [-0.25, -0.2) is 4.68 Å². The maximum Gasteiger partial charge on any atom is 0.279 e. The lowest BCUT2D eigenvalue weighted by atomic mass is 10.1. The Morgan fingerprint density at radius 1 is 1.32 bits per heavy atom. The molecule has 0 unspecified atom stereocenters. The van der Waals surface area contributed by atoms with Crippen LogP contribution in [0.5, 0.6) is 5.75 Å². The van der Waals surface area contributed by atoms with Gasteiger partial charge in [0.05, 0.1) is 12.8 Å². The Hall–Kier alpha value is -2.63. The third-order valence-corrected chi connectivity index (χ3v) is 4.27. The second-order valence-electron chi connectivity index (χ2n) is 6.36. The van der Waals surface area contributed by atoms with Crippen molar-refractivity contribution in [2.45, 2.75) is 32.7 Å². The number of carbonyl (C=O) groups is 1. The van der Waals surface area contributed by atoms with E-state index in [0.29, 0.717) is 24.7 Å². The standard InChI is InChI=1S/C19H23N3O3/c1-3-10-20-18(23)16-11-17(14-6-8-15(25-2)9-7-14)21-22(19(16)24)12-13-4-5-13/h6-9,11,13H,3-5,10,12H2,1-2H3,(H,20,23). The Balaban J connectivity index is 2.00. The van der Waals surface area contributed by atoms with Gasteiger partial charge in [0.25, 0.3) is 11.5 Å². The molecule has 0 radical (unpaired) electrons.